The van der Waals surface area contributed by atoms with Crippen LogP contribution in [0.2, 0.25) is 0 Å². The Hall–Kier alpha value is -2.25. The number of aromatic nitrogens is 3. The van der Waals surface area contributed by atoms with Crippen LogP contribution in [-0.4, -0.2) is 22.3 Å². The third-order valence-electron chi connectivity index (χ3n) is 3.51. The first-order valence-electron chi connectivity index (χ1n) is 7.23. The Morgan fingerprint density at radius 1 is 1.12 bits per heavy atom. The van der Waals surface area contributed by atoms with Crippen LogP contribution in [-0.2, 0) is 6.42 Å². The summed E-state index contributed by atoms with van der Waals surface area (Å²) in [6.45, 7) is 0. The predicted molar refractivity (Wildman–Crippen MR) is 96.4 cm³/mol. The van der Waals surface area contributed by atoms with Gasteiger partial charge in [-0.25, -0.2) is 4.98 Å². The van der Waals surface area contributed by atoms with Crippen molar-refractivity contribution in [2.24, 2.45) is 0 Å². The SMILES string of the molecule is COc1cccc2sc(Cc3nnc(-c4ccc(Br)cc4)o3)nc12. The first kappa shape index (κ1) is 15.3. The number of fused-ring (bicyclic) bond motifs is 1. The van der Waals surface area contributed by atoms with E-state index in [1.54, 1.807) is 18.4 Å². The van der Waals surface area contributed by atoms with E-state index in [2.05, 4.69) is 31.1 Å². The van der Waals surface area contributed by atoms with Crippen molar-refractivity contribution < 1.29 is 9.15 Å². The molecule has 0 N–H and O–H groups in total. The van der Waals surface area contributed by atoms with Gasteiger partial charge in [-0.3, -0.25) is 0 Å². The largest absolute Gasteiger partial charge is 0.494 e. The van der Waals surface area contributed by atoms with E-state index in [-0.39, 0.29) is 0 Å². The van der Waals surface area contributed by atoms with E-state index in [4.69, 9.17) is 9.15 Å². The number of halogens is 1. The number of hydrogen-bond donors (Lipinski definition) is 0. The van der Waals surface area contributed by atoms with Gasteiger partial charge < -0.3 is 9.15 Å². The van der Waals surface area contributed by atoms with Crippen LogP contribution in [0.25, 0.3) is 21.7 Å². The van der Waals surface area contributed by atoms with Gasteiger partial charge in [0.05, 0.1) is 18.2 Å². The third kappa shape index (κ3) is 2.92. The molecule has 0 atom stereocenters. The summed E-state index contributed by atoms with van der Waals surface area (Å²) in [4.78, 5) is 4.63. The molecule has 0 aliphatic carbocycles. The lowest BCUT2D eigenvalue weighted by molar-refractivity contribution is 0.419. The normalized spacial score (nSPS) is 11.1. The summed E-state index contributed by atoms with van der Waals surface area (Å²) in [5.74, 6) is 1.83. The second-order valence-electron chi connectivity index (χ2n) is 5.10. The number of methoxy groups -OCH3 is 1. The number of nitrogens with zero attached hydrogens (tertiary/aromatic N) is 3. The molecule has 24 heavy (non-hydrogen) atoms. The number of benzene rings is 2. The van der Waals surface area contributed by atoms with Gasteiger partial charge in [-0.2, -0.15) is 0 Å². The molecule has 0 amide bonds. The Kier molecular flexibility index (Phi) is 4.03. The van der Waals surface area contributed by atoms with Gasteiger partial charge >= 0.3 is 0 Å². The van der Waals surface area contributed by atoms with E-state index in [1.165, 1.54) is 0 Å². The smallest absolute Gasteiger partial charge is 0.247 e. The van der Waals surface area contributed by atoms with E-state index in [1.807, 2.05) is 42.5 Å². The fraction of sp³-hybridized carbons (Fsp3) is 0.118. The summed E-state index contributed by atoms with van der Waals surface area (Å²) >= 11 is 5.02. The summed E-state index contributed by atoms with van der Waals surface area (Å²) in [7, 11) is 1.65. The Morgan fingerprint density at radius 3 is 2.75 bits per heavy atom. The lowest BCUT2D eigenvalue weighted by atomic mass is 10.2. The van der Waals surface area contributed by atoms with Crippen molar-refractivity contribution in [3.05, 3.63) is 57.8 Å². The fourth-order valence-corrected chi connectivity index (χ4v) is 3.61. The molecule has 0 radical (unpaired) electrons. The molecule has 7 heteroatoms. The van der Waals surface area contributed by atoms with Gasteiger partial charge in [0.1, 0.15) is 16.3 Å². The van der Waals surface area contributed by atoms with Crippen molar-refractivity contribution in [2.45, 2.75) is 6.42 Å². The molecular formula is C17H12BrN3O2S. The minimum Gasteiger partial charge on any atom is -0.494 e. The zero-order valence-corrected chi connectivity index (χ0v) is 15.1. The highest BCUT2D eigenvalue weighted by Crippen LogP contribution is 2.30. The predicted octanol–water partition coefficient (Wildman–Crippen LogP) is 4.71. The molecule has 0 saturated carbocycles. The standard InChI is InChI=1S/C17H12BrN3O2S/c1-22-12-3-2-4-13-16(12)19-15(24-13)9-14-20-21-17(23-14)10-5-7-11(18)8-6-10/h2-8H,9H2,1H3. The van der Waals surface area contributed by atoms with Crippen LogP contribution in [0.15, 0.2) is 51.4 Å². The molecular weight excluding hydrogens is 390 g/mol. The molecule has 0 spiro atoms. The van der Waals surface area contributed by atoms with Crippen LogP contribution in [0.5, 0.6) is 5.75 Å². The molecule has 0 bridgehead atoms. The number of rotatable bonds is 4. The Labute approximate surface area is 150 Å². The molecule has 2 heterocycles. The Bertz CT molecular complexity index is 995. The van der Waals surface area contributed by atoms with Crippen LogP contribution in [0.3, 0.4) is 0 Å². The van der Waals surface area contributed by atoms with Crippen LogP contribution >= 0.6 is 27.3 Å². The summed E-state index contributed by atoms with van der Waals surface area (Å²) < 4.78 is 13.2. The van der Waals surface area contributed by atoms with Gasteiger partial charge in [-0.05, 0) is 36.4 Å². The number of thiazole rings is 1. The van der Waals surface area contributed by atoms with Crippen LogP contribution in [0, 0.1) is 0 Å². The lowest BCUT2D eigenvalue weighted by Crippen LogP contribution is -1.88. The van der Waals surface area contributed by atoms with Crippen molar-refractivity contribution >= 4 is 37.5 Å². The molecule has 0 fully saturated rings. The third-order valence-corrected chi connectivity index (χ3v) is 5.06. The van der Waals surface area contributed by atoms with Gasteiger partial charge in [0.2, 0.25) is 11.8 Å². The van der Waals surface area contributed by atoms with E-state index >= 15 is 0 Å². The maximum absolute atomic E-state index is 5.76. The molecule has 4 rings (SSSR count). The Balaban J connectivity index is 1.61. The van der Waals surface area contributed by atoms with Crippen molar-refractivity contribution in [1.82, 2.24) is 15.2 Å². The second-order valence-corrected chi connectivity index (χ2v) is 7.13. The van der Waals surface area contributed by atoms with Crippen molar-refractivity contribution in [3.63, 3.8) is 0 Å². The molecule has 4 aromatic rings. The molecule has 2 aromatic carbocycles. The molecule has 0 aliphatic rings. The van der Waals surface area contributed by atoms with Crippen molar-refractivity contribution in [1.29, 1.82) is 0 Å². The first-order chi connectivity index (χ1) is 11.7. The lowest BCUT2D eigenvalue weighted by Gasteiger charge is -1.98. The average Bonchev–Trinajstić information content (AvgIpc) is 3.22. The molecule has 2 aromatic heterocycles. The quantitative estimate of drug-likeness (QED) is 0.495. The zero-order chi connectivity index (χ0) is 16.5. The van der Waals surface area contributed by atoms with Gasteiger partial charge in [-0.15, -0.1) is 21.5 Å². The summed E-state index contributed by atoms with van der Waals surface area (Å²) in [6, 6.07) is 13.7. The summed E-state index contributed by atoms with van der Waals surface area (Å²) in [6.07, 6.45) is 0.506. The first-order valence-corrected chi connectivity index (χ1v) is 8.84. The molecule has 120 valence electrons. The minimum atomic E-state index is 0.506. The number of hydrogen-bond acceptors (Lipinski definition) is 6. The topological polar surface area (TPSA) is 61.0 Å². The van der Waals surface area contributed by atoms with Crippen LogP contribution in [0.1, 0.15) is 10.9 Å². The van der Waals surface area contributed by atoms with E-state index < -0.39 is 0 Å². The highest BCUT2D eigenvalue weighted by Gasteiger charge is 2.13. The van der Waals surface area contributed by atoms with Gasteiger partial charge in [-0.1, -0.05) is 22.0 Å². The highest BCUT2D eigenvalue weighted by atomic mass is 79.9. The maximum atomic E-state index is 5.76. The number of ether oxygens (including phenoxy) is 1. The Morgan fingerprint density at radius 2 is 1.96 bits per heavy atom. The molecule has 0 aliphatic heterocycles. The zero-order valence-electron chi connectivity index (χ0n) is 12.7. The number of para-hydroxylation sites is 1. The van der Waals surface area contributed by atoms with E-state index in [0.717, 1.165) is 31.0 Å². The fourth-order valence-electron chi connectivity index (χ4n) is 2.37. The second kappa shape index (κ2) is 6.33. The van der Waals surface area contributed by atoms with Crippen LogP contribution in [0.4, 0.5) is 0 Å². The van der Waals surface area contributed by atoms with Crippen molar-refractivity contribution in [3.8, 4) is 17.2 Å². The minimum absolute atomic E-state index is 0.506. The van der Waals surface area contributed by atoms with Gasteiger partial charge in [0, 0.05) is 10.0 Å². The molecule has 0 saturated heterocycles. The monoisotopic (exact) mass is 401 g/mol. The van der Waals surface area contributed by atoms with E-state index in [9.17, 15) is 0 Å². The summed E-state index contributed by atoms with van der Waals surface area (Å²) in [5.41, 5.74) is 1.76. The van der Waals surface area contributed by atoms with Gasteiger partial charge in [0.25, 0.3) is 0 Å². The molecule has 5 nitrogen and oxygen atoms in total. The average molecular weight is 402 g/mol. The van der Waals surface area contributed by atoms with Crippen molar-refractivity contribution in [2.75, 3.05) is 7.11 Å². The maximum Gasteiger partial charge on any atom is 0.247 e. The van der Waals surface area contributed by atoms with Crippen LogP contribution < -0.4 is 4.74 Å². The highest BCUT2D eigenvalue weighted by molar-refractivity contribution is 9.10. The molecule has 0 unspecified atom stereocenters. The summed E-state index contributed by atoms with van der Waals surface area (Å²) in [5, 5.41) is 9.17. The van der Waals surface area contributed by atoms with E-state index in [0.29, 0.717) is 18.2 Å². The van der Waals surface area contributed by atoms with Gasteiger partial charge in [0.15, 0.2) is 0 Å².